The van der Waals surface area contributed by atoms with Gasteiger partial charge in [-0.1, -0.05) is 208 Å². The monoisotopic (exact) mass is 873 g/mol. The largest absolute Gasteiger partial charge is 0.362 e. The van der Waals surface area contributed by atoms with Crippen molar-refractivity contribution in [1.82, 2.24) is 0 Å². The van der Waals surface area contributed by atoms with Gasteiger partial charge in [-0.3, -0.25) is 0 Å². The van der Waals surface area contributed by atoms with E-state index < -0.39 is 10.8 Å². The molecule has 0 saturated heterocycles. The molecule has 0 aliphatic heterocycles. The van der Waals surface area contributed by atoms with Gasteiger partial charge in [0, 0.05) is 32.8 Å². The summed E-state index contributed by atoms with van der Waals surface area (Å²) in [5.41, 5.74) is 24.0. The zero-order valence-electron chi connectivity index (χ0n) is 37.4. The highest BCUT2D eigenvalue weighted by Crippen LogP contribution is 2.67. The van der Waals surface area contributed by atoms with Gasteiger partial charge in [0.25, 0.3) is 0 Å². The average molecular weight is 874 g/mol. The second-order valence-corrected chi connectivity index (χ2v) is 18.7. The molecule has 0 atom stereocenters. The summed E-state index contributed by atoms with van der Waals surface area (Å²) in [6.45, 7) is 14.3. The van der Waals surface area contributed by atoms with Crippen LogP contribution in [0.2, 0.25) is 0 Å². The molecule has 0 bridgehead atoms. The van der Waals surface area contributed by atoms with E-state index in [1.807, 2.05) is 35.8 Å². The Kier molecular flexibility index (Phi) is 9.57. The summed E-state index contributed by atoms with van der Waals surface area (Å²) in [5.74, 6) is 0. The van der Waals surface area contributed by atoms with Crippen molar-refractivity contribution in [3.05, 3.63) is 297 Å². The van der Waals surface area contributed by atoms with E-state index >= 15 is 0 Å². The Balaban J connectivity index is 1.09. The minimum atomic E-state index is -0.533. The van der Waals surface area contributed by atoms with E-state index in [1.54, 1.807) is 6.08 Å². The van der Waals surface area contributed by atoms with Gasteiger partial charge < -0.3 is 5.32 Å². The van der Waals surface area contributed by atoms with Crippen molar-refractivity contribution in [2.45, 2.75) is 17.8 Å². The van der Waals surface area contributed by atoms with Crippen molar-refractivity contribution in [2.75, 3.05) is 5.32 Å². The van der Waals surface area contributed by atoms with Crippen molar-refractivity contribution in [3.8, 4) is 33.4 Å². The highest BCUT2D eigenvalue weighted by Gasteiger charge is 2.55. The van der Waals surface area contributed by atoms with Gasteiger partial charge in [-0.2, -0.15) is 0 Å². The van der Waals surface area contributed by atoms with Crippen LogP contribution in [0.1, 0.15) is 72.3 Å². The SMILES string of the molecule is C=C/C=C(\C=C)c1ccc(N/C=C/C=C2\C(=C/c3ccc4c(c3)C3(c5ccccc5-c5ccccc53)c3sc(C=C)c(/C=C\C)c3-4)C3(c4ccccc42)c2ccccc2-c2ccccc23)cc1. The zero-order chi connectivity index (χ0) is 45.3. The molecule has 0 fully saturated rings. The average Bonchev–Trinajstić information content (AvgIpc) is 4.13. The van der Waals surface area contributed by atoms with Crippen molar-refractivity contribution in [1.29, 1.82) is 0 Å². The number of hydrogen-bond acceptors (Lipinski definition) is 2. The van der Waals surface area contributed by atoms with Gasteiger partial charge in [-0.25, -0.2) is 0 Å². The number of fused-ring (bicyclic) bond motifs is 17. The van der Waals surface area contributed by atoms with Gasteiger partial charge in [-0.05, 0) is 132 Å². The summed E-state index contributed by atoms with van der Waals surface area (Å²) in [5, 5.41) is 3.55. The molecule has 67 heavy (non-hydrogen) atoms. The molecular weight excluding hydrogens is 827 g/mol. The molecule has 0 unspecified atom stereocenters. The third kappa shape index (κ3) is 5.67. The third-order valence-electron chi connectivity index (χ3n) is 14.4. The number of rotatable bonds is 9. The lowest BCUT2D eigenvalue weighted by Crippen LogP contribution is -2.26. The molecule has 12 rings (SSSR count). The number of thiophene rings is 1. The minimum absolute atomic E-state index is 0.474. The fourth-order valence-corrected chi connectivity index (χ4v) is 13.3. The molecule has 8 aromatic rings. The molecule has 0 saturated carbocycles. The Labute approximate surface area is 397 Å². The molecular formula is C65H47NS. The maximum atomic E-state index is 4.32. The van der Waals surface area contributed by atoms with E-state index in [4.69, 9.17) is 0 Å². The van der Waals surface area contributed by atoms with E-state index in [1.165, 1.54) is 104 Å². The molecule has 318 valence electrons. The summed E-state index contributed by atoms with van der Waals surface area (Å²) in [7, 11) is 0. The van der Waals surface area contributed by atoms with Crippen LogP contribution in [0.25, 0.3) is 62.8 Å². The van der Waals surface area contributed by atoms with Crippen molar-refractivity contribution >= 4 is 46.4 Å². The second kappa shape index (κ2) is 15.8. The highest BCUT2D eigenvalue weighted by molar-refractivity contribution is 7.14. The predicted molar refractivity (Wildman–Crippen MR) is 287 cm³/mol. The quantitative estimate of drug-likeness (QED) is 0.143. The lowest BCUT2D eigenvalue weighted by atomic mass is 9.69. The zero-order valence-corrected chi connectivity index (χ0v) is 38.2. The number of allylic oxidation sites excluding steroid dienone is 9. The Bertz CT molecular complexity index is 3470. The molecule has 2 heteroatoms. The van der Waals surface area contributed by atoms with Crippen molar-refractivity contribution < 1.29 is 0 Å². The maximum absolute atomic E-state index is 4.32. The molecule has 1 aromatic heterocycles. The summed E-state index contributed by atoms with van der Waals surface area (Å²) in [4.78, 5) is 2.58. The van der Waals surface area contributed by atoms with Gasteiger partial charge in [0.2, 0.25) is 0 Å². The molecule has 1 heterocycles. The standard InChI is InChI=1S/C65H47NS/c1-5-20-43(7-3)44-34-36-45(37-35-44)66-39-19-27-51-50-26-11-16-30-56(50)64(54-28-14-9-22-46(54)47-23-10-15-29-55(47)64)59(51)40-42-33-38-52-60(41-42)65(63-62(52)53(21-6-2)61(8-4)67-63)57-31-17-12-24-48(57)49-25-13-18-32-58(49)65/h5-41,66H,1,3-4H2,2H3/b21-6-,39-19+,43-20+,51-27-,59-40+. The molecule has 1 N–H and O–H groups in total. The lowest BCUT2D eigenvalue weighted by Gasteiger charge is -2.31. The van der Waals surface area contributed by atoms with Crippen LogP contribution in [-0.4, -0.2) is 0 Å². The molecule has 4 aliphatic carbocycles. The minimum Gasteiger partial charge on any atom is -0.362 e. The number of nitrogens with one attached hydrogen (secondary N) is 1. The molecule has 4 aliphatic rings. The van der Waals surface area contributed by atoms with E-state index in [0.717, 1.165) is 16.8 Å². The molecule has 2 spiro atoms. The van der Waals surface area contributed by atoms with Crippen LogP contribution >= 0.6 is 11.3 Å². The Hall–Kier alpha value is -8.04. The van der Waals surface area contributed by atoms with Crippen LogP contribution < -0.4 is 5.32 Å². The van der Waals surface area contributed by atoms with Crippen LogP contribution in [0.3, 0.4) is 0 Å². The smallest absolute Gasteiger partial charge is 0.0819 e. The van der Waals surface area contributed by atoms with Gasteiger partial charge >= 0.3 is 0 Å². The topological polar surface area (TPSA) is 12.0 Å². The summed E-state index contributed by atoms with van der Waals surface area (Å²) < 4.78 is 0. The first-order valence-corrected chi connectivity index (χ1v) is 23.9. The first-order valence-electron chi connectivity index (χ1n) is 23.0. The van der Waals surface area contributed by atoms with Gasteiger partial charge in [0.15, 0.2) is 0 Å². The Morgan fingerprint density at radius 2 is 1.13 bits per heavy atom. The van der Waals surface area contributed by atoms with Crippen molar-refractivity contribution in [3.63, 3.8) is 0 Å². The first-order chi connectivity index (χ1) is 33.1. The fraction of sp³-hybridized carbons (Fsp3) is 0.0462. The summed E-state index contributed by atoms with van der Waals surface area (Å²) >= 11 is 1.90. The van der Waals surface area contributed by atoms with E-state index in [9.17, 15) is 0 Å². The predicted octanol–water partition coefficient (Wildman–Crippen LogP) is 16.9. The number of hydrogen-bond donors (Lipinski definition) is 1. The van der Waals surface area contributed by atoms with Crippen LogP contribution in [0.4, 0.5) is 5.69 Å². The van der Waals surface area contributed by atoms with Crippen LogP contribution in [-0.2, 0) is 10.8 Å². The van der Waals surface area contributed by atoms with Crippen molar-refractivity contribution in [2.24, 2.45) is 0 Å². The number of anilines is 1. The van der Waals surface area contributed by atoms with Crippen LogP contribution in [0.5, 0.6) is 0 Å². The normalized spacial score (nSPS) is 16.3. The summed E-state index contributed by atoms with van der Waals surface area (Å²) in [6.07, 6.45) is 21.1. The lowest BCUT2D eigenvalue weighted by molar-refractivity contribution is 0.799. The molecule has 0 amide bonds. The van der Waals surface area contributed by atoms with Crippen LogP contribution in [0, 0.1) is 0 Å². The molecule has 1 nitrogen and oxygen atoms in total. The second-order valence-electron chi connectivity index (χ2n) is 17.6. The fourth-order valence-electron chi connectivity index (χ4n) is 11.9. The third-order valence-corrected chi connectivity index (χ3v) is 15.7. The van der Waals surface area contributed by atoms with E-state index in [2.05, 4.69) is 226 Å². The van der Waals surface area contributed by atoms with Gasteiger partial charge in [-0.15, -0.1) is 11.3 Å². The van der Waals surface area contributed by atoms with Gasteiger partial charge in [0.05, 0.1) is 10.8 Å². The maximum Gasteiger partial charge on any atom is 0.0819 e. The van der Waals surface area contributed by atoms with Gasteiger partial charge in [0.1, 0.15) is 0 Å². The van der Waals surface area contributed by atoms with E-state index in [0.29, 0.717) is 0 Å². The molecule has 7 aromatic carbocycles. The number of benzene rings is 7. The molecule has 0 radical (unpaired) electrons. The van der Waals surface area contributed by atoms with E-state index in [-0.39, 0.29) is 0 Å². The summed E-state index contributed by atoms with van der Waals surface area (Å²) in [6, 6.07) is 61.0. The van der Waals surface area contributed by atoms with Crippen LogP contribution in [0.15, 0.2) is 232 Å². The first kappa shape index (κ1) is 40.5. The Morgan fingerprint density at radius 3 is 1.69 bits per heavy atom. The highest BCUT2D eigenvalue weighted by atomic mass is 32.1. The Morgan fingerprint density at radius 1 is 0.582 bits per heavy atom.